The molecule has 0 aliphatic rings. The van der Waals surface area contributed by atoms with Gasteiger partial charge in [0.25, 0.3) is 5.56 Å². The minimum atomic E-state index is -0.107. The third kappa shape index (κ3) is 2.82. The molecule has 4 nitrogen and oxygen atoms in total. The van der Waals surface area contributed by atoms with Crippen molar-refractivity contribution in [2.45, 2.75) is 13.0 Å². The van der Waals surface area contributed by atoms with Crippen molar-refractivity contribution >= 4 is 26.8 Å². The largest absolute Gasteiger partial charge is 0.311 e. The lowest BCUT2D eigenvalue weighted by Gasteiger charge is -2.10. The molecule has 0 amide bonds. The van der Waals surface area contributed by atoms with E-state index in [2.05, 4.69) is 31.2 Å². The summed E-state index contributed by atoms with van der Waals surface area (Å²) in [6.45, 7) is 1.96. The zero-order valence-electron chi connectivity index (χ0n) is 12.4. The Morgan fingerprint density at radius 3 is 2.50 bits per heavy atom. The Bertz CT molecular complexity index is 871. The van der Waals surface area contributed by atoms with E-state index in [0.29, 0.717) is 16.7 Å². The van der Waals surface area contributed by atoms with Crippen LogP contribution in [0.15, 0.2) is 51.7 Å². The molecule has 3 rings (SSSR count). The summed E-state index contributed by atoms with van der Waals surface area (Å²) in [4.78, 5) is 19.6. The average molecular weight is 358 g/mol. The molecule has 0 bridgehead atoms. The maximum absolute atomic E-state index is 12.2. The Kier molecular flexibility index (Phi) is 4.09. The van der Waals surface area contributed by atoms with Gasteiger partial charge < -0.3 is 10.3 Å². The fraction of sp³-hybridized carbons (Fsp3) is 0.176. The Balaban J connectivity index is 2.15. The second-order valence-electron chi connectivity index (χ2n) is 5.20. The molecule has 0 radical (unpaired) electrons. The number of aromatic nitrogens is 2. The zero-order chi connectivity index (χ0) is 15.7. The van der Waals surface area contributed by atoms with Gasteiger partial charge in [0.1, 0.15) is 5.82 Å². The van der Waals surface area contributed by atoms with Crippen LogP contribution in [0.2, 0.25) is 0 Å². The van der Waals surface area contributed by atoms with Gasteiger partial charge in [0.05, 0.1) is 16.9 Å². The zero-order valence-corrected chi connectivity index (χ0v) is 13.9. The monoisotopic (exact) mass is 357 g/mol. The molecule has 1 unspecified atom stereocenters. The molecular formula is C17H16BrN3O. The van der Waals surface area contributed by atoms with Crippen LogP contribution in [0, 0.1) is 0 Å². The van der Waals surface area contributed by atoms with E-state index in [-0.39, 0.29) is 11.6 Å². The number of H-pyrrole nitrogens is 1. The van der Waals surface area contributed by atoms with Crippen molar-refractivity contribution in [2.24, 2.45) is 0 Å². The highest BCUT2D eigenvalue weighted by molar-refractivity contribution is 9.10. The van der Waals surface area contributed by atoms with Gasteiger partial charge in [0.15, 0.2) is 0 Å². The number of benzene rings is 2. The fourth-order valence-electron chi connectivity index (χ4n) is 2.32. The van der Waals surface area contributed by atoms with Crippen molar-refractivity contribution in [3.63, 3.8) is 0 Å². The van der Waals surface area contributed by atoms with Gasteiger partial charge in [0, 0.05) is 4.47 Å². The number of nitrogens with one attached hydrogen (secondary N) is 2. The number of nitrogens with zero attached hydrogens (tertiary/aromatic N) is 1. The number of fused-ring (bicyclic) bond motifs is 1. The van der Waals surface area contributed by atoms with E-state index in [0.717, 1.165) is 15.6 Å². The Morgan fingerprint density at radius 1 is 1.14 bits per heavy atom. The molecule has 0 saturated carbocycles. The molecular weight excluding hydrogens is 342 g/mol. The molecule has 3 aromatic rings. The lowest BCUT2D eigenvalue weighted by Crippen LogP contribution is -2.20. The third-order valence-corrected chi connectivity index (χ3v) is 4.27. The van der Waals surface area contributed by atoms with Gasteiger partial charge in [-0.1, -0.05) is 34.1 Å². The average Bonchev–Trinajstić information content (AvgIpc) is 2.54. The normalized spacial score (nSPS) is 12.5. The SMILES string of the molecule is CNC(C)c1nc2cc(-c3ccc(Br)cc3)ccc2c(=O)[nH]1. The van der Waals surface area contributed by atoms with Crippen molar-refractivity contribution in [1.29, 1.82) is 0 Å². The molecule has 112 valence electrons. The van der Waals surface area contributed by atoms with E-state index < -0.39 is 0 Å². The minimum absolute atomic E-state index is 0.00608. The van der Waals surface area contributed by atoms with Crippen molar-refractivity contribution < 1.29 is 0 Å². The summed E-state index contributed by atoms with van der Waals surface area (Å²) in [7, 11) is 1.84. The van der Waals surface area contributed by atoms with Crippen molar-refractivity contribution in [1.82, 2.24) is 15.3 Å². The molecule has 2 N–H and O–H groups in total. The topological polar surface area (TPSA) is 57.8 Å². The Morgan fingerprint density at radius 2 is 1.82 bits per heavy atom. The molecule has 0 aliphatic carbocycles. The fourth-order valence-corrected chi connectivity index (χ4v) is 2.59. The van der Waals surface area contributed by atoms with Gasteiger partial charge in [-0.05, 0) is 49.4 Å². The van der Waals surface area contributed by atoms with Gasteiger partial charge in [-0.3, -0.25) is 4.79 Å². The van der Waals surface area contributed by atoms with Crippen LogP contribution < -0.4 is 10.9 Å². The van der Waals surface area contributed by atoms with Crippen molar-refractivity contribution in [3.8, 4) is 11.1 Å². The summed E-state index contributed by atoms with van der Waals surface area (Å²) in [5, 5.41) is 3.69. The molecule has 1 aromatic heterocycles. The molecule has 0 fully saturated rings. The highest BCUT2D eigenvalue weighted by Gasteiger charge is 2.10. The van der Waals surface area contributed by atoms with Crippen LogP contribution in [-0.4, -0.2) is 17.0 Å². The van der Waals surface area contributed by atoms with Crippen molar-refractivity contribution in [3.05, 3.63) is 63.1 Å². The summed E-state index contributed by atoms with van der Waals surface area (Å²) in [5.41, 5.74) is 2.74. The molecule has 1 atom stereocenters. The van der Waals surface area contributed by atoms with Gasteiger partial charge in [0.2, 0.25) is 0 Å². The first-order chi connectivity index (χ1) is 10.6. The number of rotatable bonds is 3. The molecule has 5 heteroatoms. The van der Waals surface area contributed by atoms with Gasteiger partial charge >= 0.3 is 0 Å². The smallest absolute Gasteiger partial charge is 0.258 e. The predicted octanol–water partition coefficient (Wildman–Crippen LogP) is 3.63. The quantitative estimate of drug-likeness (QED) is 0.752. The highest BCUT2D eigenvalue weighted by atomic mass is 79.9. The van der Waals surface area contributed by atoms with Crippen LogP contribution >= 0.6 is 15.9 Å². The standard InChI is InChI=1S/C17H16BrN3O/c1-10(19-2)16-20-15-9-12(5-8-14(15)17(22)21-16)11-3-6-13(18)7-4-11/h3-10,19H,1-2H3,(H,20,21,22). The number of hydrogen-bond donors (Lipinski definition) is 2. The first-order valence-electron chi connectivity index (χ1n) is 7.05. The second-order valence-corrected chi connectivity index (χ2v) is 6.12. The maximum Gasteiger partial charge on any atom is 0.258 e. The van der Waals surface area contributed by atoms with Gasteiger partial charge in [-0.2, -0.15) is 0 Å². The van der Waals surface area contributed by atoms with Crippen molar-refractivity contribution in [2.75, 3.05) is 7.05 Å². The van der Waals surface area contributed by atoms with Crippen LogP contribution in [-0.2, 0) is 0 Å². The molecule has 0 saturated heterocycles. The molecule has 0 aliphatic heterocycles. The van der Waals surface area contributed by atoms with Crippen LogP contribution in [0.3, 0.4) is 0 Å². The van der Waals surface area contributed by atoms with E-state index in [1.165, 1.54) is 0 Å². The minimum Gasteiger partial charge on any atom is -0.311 e. The van der Waals surface area contributed by atoms with Crippen LogP contribution in [0.5, 0.6) is 0 Å². The van der Waals surface area contributed by atoms with E-state index in [4.69, 9.17) is 0 Å². The summed E-state index contributed by atoms with van der Waals surface area (Å²) in [5.74, 6) is 0.646. The van der Waals surface area contributed by atoms with Gasteiger partial charge in [-0.15, -0.1) is 0 Å². The molecule has 2 aromatic carbocycles. The third-order valence-electron chi connectivity index (χ3n) is 3.75. The molecule has 0 spiro atoms. The Labute approximate surface area is 136 Å². The van der Waals surface area contributed by atoms with Gasteiger partial charge in [-0.25, -0.2) is 4.98 Å². The van der Waals surface area contributed by atoms with Crippen LogP contribution in [0.1, 0.15) is 18.8 Å². The van der Waals surface area contributed by atoms with E-state index in [1.807, 2.05) is 56.4 Å². The van der Waals surface area contributed by atoms with Crippen LogP contribution in [0.4, 0.5) is 0 Å². The lowest BCUT2D eigenvalue weighted by atomic mass is 10.0. The summed E-state index contributed by atoms with van der Waals surface area (Å²) >= 11 is 3.44. The lowest BCUT2D eigenvalue weighted by molar-refractivity contribution is 0.611. The Hall–Kier alpha value is -1.98. The van der Waals surface area contributed by atoms with E-state index in [1.54, 1.807) is 0 Å². The second kappa shape index (κ2) is 6.02. The van der Waals surface area contributed by atoms with E-state index >= 15 is 0 Å². The summed E-state index contributed by atoms with van der Waals surface area (Å²) < 4.78 is 1.04. The number of hydrogen-bond acceptors (Lipinski definition) is 3. The first-order valence-corrected chi connectivity index (χ1v) is 7.85. The predicted molar refractivity (Wildman–Crippen MR) is 93.0 cm³/mol. The number of aromatic amines is 1. The summed E-state index contributed by atoms with van der Waals surface area (Å²) in [6.07, 6.45) is 0. The number of halogens is 1. The summed E-state index contributed by atoms with van der Waals surface area (Å²) in [6, 6.07) is 13.8. The highest BCUT2D eigenvalue weighted by Crippen LogP contribution is 2.24. The molecule has 1 heterocycles. The van der Waals surface area contributed by atoms with Crippen LogP contribution in [0.25, 0.3) is 22.0 Å². The van der Waals surface area contributed by atoms with E-state index in [9.17, 15) is 4.79 Å². The maximum atomic E-state index is 12.2. The molecule has 22 heavy (non-hydrogen) atoms. The first kappa shape index (κ1) is 14.9.